The summed E-state index contributed by atoms with van der Waals surface area (Å²) in [5.74, 6) is 0. The van der Waals surface area contributed by atoms with Crippen LogP contribution in [-0.4, -0.2) is 0 Å². The van der Waals surface area contributed by atoms with E-state index in [9.17, 15) is 0 Å². The fraction of sp³-hybridized carbons (Fsp3) is 1.00. The maximum absolute atomic E-state index is 5.50. The predicted octanol–water partition coefficient (Wildman–Crippen LogP) is 3.24. The molecule has 1 nitrogen and oxygen atoms in total. The average molecular weight is 326 g/mol. The molecule has 1 saturated carbocycles. The van der Waals surface area contributed by atoms with Crippen LogP contribution in [0.1, 0.15) is 27.1 Å². The third-order valence-electron chi connectivity index (χ3n) is 1.000. The quantitative estimate of drug-likeness (QED) is 0.390. The SMILES string of the molecule is C1CCC1.SI.[3HH].[3H][NH3+].[PH4+].[V]. The molecule has 4 N–H and O–H groups in total. The Morgan fingerprint density at radius 1 is 1.22 bits per heavy atom. The molecule has 0 amide bonds. The fourth-order valence-corrected chi connectivity index (χ4v) is 0.250. The molecule has 0 aromatic rings. The summed E-state index contributed by atoms with van der Waals surface area (Å²) in [6.07, 6.45) is 8.50. The van der Waals surface area contributed by atoms with Gasteiger partial charge in [-0.2, -0.15) is 0 Å². The first-order valence-corrected chi connectivity index (χ1v) is 5.40. The van der Waals surface area contributed by atoms with Gasteiger partial charge in [-0.25, -0.2) is 0 Å². The maximum atomic E-state index is 5.50. The molecule has 0 heterocycles. The van der Waals surface area contributed by atoms with Crippen LogP contribution in [0.15, 0.2) is 0 Å². The average Bonchev–Trinajstić information content (AvgIpc) is 1.72. The van der Waals surface area contributed by atoms with Gasteiger partial charge in [-0.15, -0.1) is 9.80 Å². The van der Waals surface area contributed by atoms with Crippen LogP contribution < -0.4 is 6.14 Å². The van der Waals surface area contributed by atoms with Crippen LogP contribution >= 0.6 is 40.9 Å². The Kier molecular flexibility index (Phi) is 43.0. The van der Waals surface area contributed by atoms with Crippen molar-refractivity contribution in [3.8, 4) is 0 Å². The van der Waals surface area contributed by atoms with Gasteiger partial charge < -0.3 is 6.14 Å². The molecule has 1 unspecified atom stereocenters. The van der Waals surface area contributed by atoms with E-state index in [-0.39, 0.29) is 29.9 Å². The van der Waals surface area contributed by atoms with E-state index in [0.29, 0.717) is 0 Å². The van der Waals surface area contributed by atoms with Crippen molar-refractivity contribution in [1.82, 2.24) is 6.14 Å². The van der Waals surface area contributed by atoms with Gasteiger partial charge in [0.2, 0.25) is 0 Å². The zero-order chi connectivity index (χ0) is 6.83. The number of halogens is 1. The van der Waals surface area contributed by atoms with Gasteiger partial charge in [0.05, 0.1) is 0 Å². The van der Waals surface area contributed by atoms with E-state index in [4.69, 9.17) is 1.41 Å². The molecule has 0 saturated heterocycles. The maximum Gasteiger partial charge on any atom is 0.342 e. The second kappa shape index (κ2) is 22.5. The van der Waals surface area contributed by atoms with Gasteiger partial charge in [-0.05, 0) is 31.1 Å². The Labute approximate surface area is 93.5 Å². The standard InChI is InChI=1S/C4H8.HIS.H3N.H3P.V.H2/c1-2-4-3-1;1-2;;;;/h1-4H2;2H;2*1H3;;1H/p+2/i;;;;;1+2/hT. The number of hydrogen-bond donors (Lipinski definition) is 2. The Bertz CT molecular complexity index is 36.1. The second-order valence-electron chi connectivity index (χ2n) is 1.41. The van der Waals surface area contributed by atoms with Crippen LogP contribution in [0.3, 0.4) is 0 Å². The third-order valence-corrected chi connectivity index (χ3v) is 1.000. The van der Waals surface area contributed by atoms with Crippen molar-refractivity contribution in [2.45, 2.75) is 25.7 Å². The van der Waals surface area contributed by atoms with E-state index in [1.807, 2.05) is 21.2 Å². The minimum atomic E-state index is 0. The minimum Gasteiger partial charge on any atom is -0.369 e. The second-order valence-corrected chi connectivity index (χ2v) is 1.41. The van der Waals surface area contributed by atoms with Gasteiger partial charge in [0.1, 0.15) is 0 Å². The third kappa shape index (κ3) is 17.8. The Balaban J connectivity index is -0.0000000159. The first-order valence-electron chi connectivity index (χ1n) is 2.88. The predicted molar refractivity (Wildman–Crippen MR) is 62.1 cm³/mol. The van der Waals surface area contributed by atoms with E-state index < -0.39 is 0 Å². The Morgan fingerprint density at radius 2 is 1.33 bits per heavy atom. The zero-order valence-electron chi connectivity index (χ0n) is 6.81. The smallest absolute Gasteiger partial charge is 0.342 e. The summed E-state index contributed by atoms with van der Waals surface area (Å²) in [6.45, 7) is 0. The van der Waals surface area contributed by atoms with Gasteiger partial charge in [0.25, 0.3) is 0 Å². The first kappa shape index (κ1) is 17.2. The van der Waals surface area contributed by atoms with Crippen LogP contribution in [0.5, 0.6) is 0 Å². The fourth-order valence-electron chi connectivity index (χ4n) is 0.250. The van der Waals surface area contributed by atoms with Crippen molar-refractivity contribution < 1.29 is 21.4 Å². The normalized spacial score (nSPS) is 12.1. The van der Waals surface area contributed by atoms with Crippen LogP contribution in [0.2, 0.25) is 1.41 Å². The van der Waals surface area contributed by atoms with Crippen molar-refractivity contribution in [1.29, 1.82) is 0 Å². The molecule has 1 fully saturated rings. The molecule has 1 aliphatic carbocycles. The van der Waals surface area contributed by atoms with Gasteiger partial charge in [-0.1, -0.05) is 25.7 Å². The largest absolute Gasteiger partial charge is 0.369 e. The van der Waals surface area contributed by atoms with Crippen LogP contribution in [0.4, 0.5) is 0 Å². The van der Waals surface area contributed by atoms with E-state index in [1.165, 1.54) is 25.7 Å². The summed E-state index contributed by atoms with van der Waals surface area (Å²) >= 11 is 1.84. The first-order chi connectivity index (χ1) is 4.00. The van der Waals surface area contributed by atoms with Crippen molar-refractivity contribution in [3.63, 3.8) is 0 Å². The monoisotopic (exact) mass is 326 g/mol. The molecule has 0 aliphatic heterocycles. The van der Waals surface area contributed by atoms with E-state index in [2.05, 4.69) is 15.9 Å². The van der Waals surface area contributed by atoms with Crippen LogP contribution in [0, 0.1) is 0 Å². The van der Waals surface area contributed by atoms with Crippen molar-refractivity contribution in [2.75, 3.05) is 0 Å². The Morgan fingerprint density at radius 3 is 1.33 bits per heavy atom. The van der Waals surface area contributed by atoms with Crippen LogP contribution in [-0.2, 0) is 18.6 Å². The summed E-state index contributed by atoms with van der Waals surface area (Å²) in [5.41, 5.74) is 0. The molecule has 0 aromatic heterocycles. The summed E-state index contributed by atoms with van der Waals surface area (Å²) in [4.78, 5) is 0. The van der Waals surface area contributed by atoms with Gasteiger partial charge in [0, 0.05) is 20.0 Å². The van der Waals surface area contributed by atoms with Gasteiger partial charge in [-0.3, -0.25) is 0 Å². The molecule has 1 rings (SSSR count). The molecule has 61 valence electrons. The van der Waals surface area contributed by atoms with Crippen molar-refractivity contribution in [3.05, 3.63) is 0 Å². The zero-order valence-corrected chi connectivity index (χ0v) is 12.3. The topological polar surface area (TPSA) is 36.5 Å². The molecular formula is C4H19INPSV+2. The number of quaternary nitrogens is 1. The van der Waals surface area contributed by atoms with E-state index >= 15 is 0 Å². The minimum absolute atomic E-state index is 0. The van der Waals surface area contributed by atoms with Gasteiger partial charge >= 0.3 is 1.41 Å². The molecule has 0 bridgehead atoms. The van der Waals surface area contributed by atoms with E-state index in [1.54, 1.807) is 0 Å². The van der Waals surface area contributed by atoms with Crippen molar-refractivity contribution >= 4 is 40.9 Å². The molecule has 1 radical (unpaired) electrons. The number of hydrogen-bond acceptors (Lipinski definition) is 1. The molecule has 5 heteroatoms. The van der Waals surface area contributed by atoms with Crippen LogP contribution in [0.25, 0.3) is 0 Å². The molecule has 0 aromatic carbocycles. The molecule has 9 heavy (non-hydrogen) atoms. The molecule has 1 aliphatic rings. The van der Waals surface area contributed by atoms with E-state index in [0.717, 1.165) is 0 Å². The summed E-state index contributed by atoms with van der Waals surface area (Å²) in [5, 5.41) is 0. The summed E-state index contributed by atoms with van der Waals surface area (Å²) in [7, 11) is 3.50. The molecular weight excluding hydrogens is 303 g/mol. The molecule has 0 spiro atoms. The van der Waals surface area contributed by atoms with Crippen molar-refractivity contribution in [2.24, 2.45) is 0 Å². The summed E-state index contributed by atoms with van der Waals surface area (Å²) in [6, 6.07) is 0. The number of thiol groups is 1. The summed E-state index contributed by atoms with van der Waals surface area (Å²) < 4.78 is 5.50. The molecule has 1 atom stereocenters. The number of rotatable bonds is 0. The Hall–Kier alpha value is 2.05. The van der Waals surface area contributed by atoms with Gasteiger partial charge in [0.15, 0.2) is 0 Å².